The first-order chi connectivity index (χ1) is 7.54. The molecule has 0 saturated heterocycles. The number of aryl methyl sites for hydroxylation is 1. The summed E-state index contributed by atoms with van der Waals surface area (Å²) in [5.74, 6) is 0.837. The molecule has 2 rings (SSSR count). The molecular weight excluding hydrogens is 202 g/mol. The summed E-state index contributed by atoms with van der Waals surface area (Å²) in [7, 11) is 0. The van der Waals surface area contributed by atoms with E-state index in [1.165, 1.54) is 0 Å². The normalized spacial score (nSPS) is 18.1. The molecule has 1 aromatic carbocycles. The maximum absolute atomic E-state index is 11.9. The zero-order valence-electron chi connectivity index (χ0n) is 9.96. The number of fused-ring (bicyclic) bond motifs is 1. The molecule has 1 aliphatic heterocycles. The Labute approximate surface area is 95.8 Å². The topological polar surface area (TPSA) is 38.3 Å². The second-order valence-electron chi connectivity index (χ2n) is 4.77. The van der Waals surface area contributed by atoms with Crippen molar-refractivity contribution in [1.29, 1.82) is 0 Å². The number of para-hydroxylation sites is 1. The van der Waals surface area contributed by atoms with Crippen LogP contribution in [0.25, 0.3) is 0 Å². The van der Waals surface area contributed by atoms with Crippen LogP contribution >= 0.6 is 0 Å². The largest absolute Gasteiger partial charge is 0.490 e. The van der Waals surface area contributed by atoms with Crippen molar-refractivity contribution >= 4 is 11.6 Å². The maximum Gasteiger partial charge on any atom is 0.233 e. The van der Waals surface area contributed by atoms with E-state index in [0.29, 0.717) is 6.61 Å². The maximum atomic E-state index is 11.9. The van der Waals surface area contributed by atoms with Gasteiger partial charge in [-0.3, -0.25) is 4.79 Å². The van der Waals surface area contributed by atoms with Gasteiger partial charge in [-0.25, -0.2) is 0 Å². The average Bonchev–Trinajstić information content (AvgIpc) is 2.37. The van der Waals surface area contributed by atoms with E-state index in [0.717, 1.165) is 23.4 Å². The molecule has 1 N–H and O–H groups in total. The van der Waals surface area contributed by atoms with Crippen molar-refractivity contribution in [3.05, 3.63) is 23.8 Å². The van der Waals surface area contributed by atoms with E-state index in [1.54, 1.807) is 0 Å². The lowest BCUT2D eigenvalue weighted by molar-refractivity contribution is -0.124. The van der Waals surface area contributed by atoms with Gasteiger partial charge in [0.1, 0.15) is 12.4 Å². The van der Waals surface area contributed by atoms with Crippen molar-refractivity contribution in [1.82, 2.24) is 0 Å². The molecule has 16 heavy (non-hydrogen) atoms. The second kappa shape index (κ2) is 3.81. The highest BCUT2D eigenvalue weighted by atomic mass is 16.5. The Kier molecular flexibility index (Phi) is 2.62. The first kappa shape index (κ1) is 11.0. The third-order valence-corrected chi connectivity index (χ3v) is 2.92. The Morgan fingerprint density at radius 3 is 2.88 bits per heavy atom. The summed E-state index contributed by atoms with van der Waals surface area (Å²) in [6, 6.07) is 5.86. The van der Waals surface area contributed by atoms with Crippen LogP contribution < -0.4 is 10.1 Å². The van der Waals surface area contributed by atoms with Gasteiger partial charge >= 0.3 is 0 Å². The van der Waals surface area contributed by atoms with Crippen molar-refractivity contribution in [2.45, 2.75) is 27.2 Å². The molecule has 0 atom stereocenters. The second-order valence-corrected chi connectivity index (χ2v) is 4.77. The van der Waals surface area contributed by atoms with Gasteiger partial charge in [0, 0.05) is 0 Å². The summed E-state index contributed by atoms with van der Waals surface area (Å²) >= 11 is 0. The lowest BCUT2D eigenvalue weighted by Crippen LogP contribution is -2.33. The van der Waals surface area contributed by atoms with E-state index in [1.807, 2.05) is 32.0 Å². The molecular formula is C13H17NO2. The smallest absolute Gasteiger partial charge is 0.233 e. The van der Waals surface area contributed by atoms with Crippen LogP contribution in [0.5, 0.6) is 5.75 Å². The molecule has 0 spiro atoms. The standard InChI is InChI=1S/C13H17NO2/c1-4-9-6-5-7-10-11(9)16-8-13(2,3)12(15)14-10/h5-7H,4,8H2,1-3H3,(H,14,15). The molecule has 1 aromatic rings. The fourth-order valence-corrected chi connectivity index (χ4v) is 1.74. The van der Waals surface area contributed by atoms with E-state index in [9.17, 15) is 4.79 Å². The summed E-state index contributed by atoms with van der Waals surface area (Å²) in [5.41, 5.74) is 1.44. The van der Waals surface area contributed by atoms with Crippen LogP contribution in [-0.4, -0.2) is 12.5 Å². The molecule has 1 amide bonds. The minimum atomic E-state index is -0.482. The SMILES string of the molecule is CCc1cccc2c1OCC(C)(C)C(=O)N2. The van der Waals surface area contributed by atoms with Gasteiger partial charge in [0.05, 0.1) is 11.1 Å². The van der Waals surface area contributed by atoms with Crippen molar-refractivity contribution in [2.75, 3.05) is 11.9 Å². The molecule has 3 heteroatoms. The molecule has 1 aliphatic rings. The minimum Gasteiger partial charge on any atom is -0.490 e. The van der Waals surface area contributed by atoms with Gasteiger partial charge in [0.25, 0.3) is 0 Å². The number of amides is 1. The number of anilines is 1. The summed E-state index contributed by atoms with van der Waals surface area (Å²) in [5, 5.41) is 2.92. The minimum absolute atomic E-state index is 0.0134. The van der Waals surface area contributed by atoms with Crippen LogP contribution in [0.1, 0.15) is 26.3 Å². The summed E-state index contributed by atoms with van der Waals surface area (Å²) in [4.78, 5) is 11.9. The van der Waals surface area contributed by atoms with Crippen molar-refractivity contribution < 1.29 is 9.53 Å². The number of ether oxygens (including phenoxy) is 1. The predicted molar refractivity (Wildman–Crippen MR) is 63.7 cm³/mol. The number of benzene rings is 1. The lowest BCUT2D eigenvalue weighted by Gasteiger charge is -2.19. The molecule has 0 fully saturated rings. The molecule has 0 unspecified atom stereocenters. The number of nitrogens with one attached hydrogen (secondary N) is 1. The molecule has 86 valence electrons. The first-order valence-electron chi connectivity index (χ1n) is 5.61. The van der Waals surface area contributed by atoms with Crippen LogP contribution in [-0.2, 0) is 11.2 Å². The molecule has 0 bridgehead atoms. The van der Waals surface area contributed by atoms with E-state index in [2.05, 4.69) is 12.2 Å². The lowest BCUT2D eigenvalue weighted by atomic mass is 9.94. The van der Waals surface area contributed by atoms with Gasteiger partial charge < -0.3 is 10.1 Å². The van der Waals surface area contributed by atoms with Crippen LogP contribution in [0, 0.1) is 5.41 Å². The summed E-state index contributed by atoms with van der Waals surface area (Å²) < 4.78 is 5.77. The van der Waals surface area contributed by atoms with Gasteiger partial charge in [-0.2, -0.15) is 0 Å². The van der Waals surface area contributed by atoms with E-state index in [4.69, 9.17) is 4.74 Å². The Balaban J connectivity index is 2.44. The van der Waals surface area contributed by atoms with E-state index >= 15 is 0 Å². The Morgan fingerprint density at radius 2 is 2.19 bits per heavy atom. The molecule has 0 aromatic heterocycles. The van der Waals surface area contributed by atoms with E-state index in [-0.39, 0.29) is 5.91 Å². The van der Waals surface area contributed by atoms with E-state index < -0.39 is 5.41 Å². The zero-order chi connectivity index (χ0) is 11.8. The number of carbonyl (C=O) groups excluding carboxylic acids is 1. The molecule has 0 radical (unpaired) electrons. The predicted octanol–water partition coefficient (Wildman–Crippen LogP) is 2.61. The Morgan fingerprint density at radius 1 is 1.44 bits per heavy atom. The average molecular weight is 219 g/mol. The highest BCUT2D eigenvalue weighted by Crippen LogP contribution is 2.35. The third-order valence-electron chi connectivity index (χ3n) is 2.92. The van der Waals surface area contributed by atoms with Crippen LogP contribution in [0.2, 0.25) is 0 Å². The molecule has 3 nitrogen and oxygen atoms in total. The van der Waals surface area contributed by atoms with Crippen LogP contribution in [0.3, 0.4) is 0 Å². The number of rotatable bonds is 1. The Hall–Kier alpha value is -1.51. The summed E-state index contributed by atoms with van der Waals surface area (Å²) in [6.07, 6.45) is 0.902. The van der Waals surface area contributed by atoms with Crippen LogP contribution in [0.4, 0.5) is 5.69 Å². The Bertz CT molecular complexity index is 424. The quantitative estimate of drug-likeness (QED) is 0.788. The number of carbonyl (C=O) groups is 1. The van der Waals surface area contributed by atoms with Gasteiger partial charge in [0.15, 0.2) is 0 Å². The first-order valence-corrected chi connectivity index (χ1v) is 5.61. The van der Waals surface area contributed by atoms with Gasteiger partial charge in [-0.15, -0.1) is 0 Å². The monoisotopic (exact) mass is 219 g/mol. The van der Waals surface area contributed by atoms with Gasteiger partial charge in [-0.05, 0) is 31.9 Å². The third kappa shape index (κ3) is 1.77. The zero-order valence-corrected chi connectivity index (χ0v) is 9.96. The van der Waals surface area contributed by atoms with Gasteiger partial charge in [-0.1, -0.05) is 19.1 Å². The fraction of sp³-hybridized carbons (Fsp3) is 0.462. The fourth-order valence-electron chi connectivity index (χ4n) is 1.74. The van der Waals surface area contributed by atoms with Crippen molar-refractivity contribution in [3.63, 3.8) is 0 Å². The van der Waals surface area contributed by atoms with Crippen molar-refractivity contribution in [3.8, 4) is 5.75 Å². The molecule has 0 saturated carbocycles. The molecule has 1 heterocycles. The number of hydrogen-bond donors (Lipinski definition) is 1. The van der Waals surface area contributed by atoms with Gasteiger partial charge in [0.2, 0.25) is 5.91 Å². The number of hydrogen-bond acceptors (Lipinski definition) is 2. The van der Waals surface area contributed by atoms with Crippen LogP contribution in [0.15, 0.2) is 18.2 Å². The summed E-state index contributed by atoms with van der Waals surface area (Å²) in [6.45, 7) is 6.28. The molecule has 0 aliphatic carbocycles. The highest BCUT2D eigenvalue weighted by Gasteiger charge is 2.32. The highest BCUT2D eigenvalue weighted by molar-refractivity contribution is 5.97. The van der Waals surface area contributed by atoms with Crippen molar-refractivity contribution in [2.24, 2.45) is 5.41 Å².